The van der Waals surface area contributed by atoms with Crippen LogP contribution in [0.2, 0.25) is 0 Å². The van der Waals surface area contributed by atoms with Gasteiger partial charge in [-0.25, -0.2) is 9.78 Å². The minimum absolute atomic E-state index is 0.0909. The summed E-state index contributed by atoms with van der Waals surface area (Å²) in [5.74, 6) is 0.688. The summed E-state index contributed by atoms with van der Waals surface area (Å²) >= 11 is 8.18. The van der Waals surface area contributed by atoms with Crippen molar-refractivity contribution >= 4 is 56.7 Å². The zero-order chi connectivity index (χ0) is 21.1. The highest BCUT2D eigenvalue weighted by Gasteiger charge is 2.13. The molecule has 0 saturated heterocycles. The van der Waals surface area contributed by atoms with Crippen molar-refractivity contribution in [2.24, 2.45) is 5.73 Å². The Bertz CT molecular complexity index is 1200. The molecule has 0 aliphatic heterocycles. The van der Waals surface area contributed by atoms with Crippen LogP contribution in [-0.4, -0.2) is 54.6 Å². The van der Waals surface area contributed by atoms with E-state index in [2.05, 4.69) is 20.3 Å². The first-order chi connectivity index (χ1) is 14.5. The lowest BCUT2D eigenvalue weighted by atomic mass is 10.3. The number of amides is 1. The normalized spacial score (nSPS) is 12.3. The quantitative estimate of drug-likeness (QED) is 0.375. The highest BCUT2D eigenvalue weighted by molar-refractivity contribution is 7.99. The highest BCUT2D eigenvalue weighted by Crippen LogP contribution is 2.33. The Labute approximate surface area is 183 Å². The standard InChI is InChI=1S/C17H15ClN6O4S2/c18-6-5-9(25)8-27-14-4-3-13-21-22-16(24(13)23-14)29-10-1-2-11-12(7-10)30-17(20-11)28-15(19)26/h1-4,7,9,25H,5-6,8H2,(H2,19,26). The number of aromatic nitrogens is 5. The van der Waals surface area contributed by atoms with Gasteiger partial charge >= 0.3 is 6.09 Å². The molecule has 3 aromatic heterocycles. The number of hydrogen-bond donors (Lipinski definition) is 2. The molecule has 13 heteroatoms. The Kier molecular flexibility index (Phi) is 6.18. The van der Waals surface area contributed by atoms with Gasteiger partial charge in [-0.1, -0.05) is 11.3 Å². The van der Waals surface area contributed by atoms with Crippen LogP contribution in [0.4, 0.5) is 4.79 Å². The van der Waals surface area contributed by atoms with Gasteiger partial charge in [0, 0.05) is 16.8 Å². The summed E-state index contributed by atoms with van der Waals surface area (Å²) in [6, 6.07) is 8.97. The number of carbonyl (C=O) groups is 1. The number of thiazole rings is 1. The van der Waals surface area contributed by atoms with Gasteiger partial charge in [0.25, 0.3) is 5.19 Å². The third kappa shape index (κ3) is 4.73. The molecule has 0 aliphatic rings. The van der Waals surface area contributed by atoms with Crippen molar-refractivity contribution in [1.82, 2.24) is 24.8 Å². The van der Waals surface area contributed by atoms with E-state index in [1.165, 1.54) is 23.1 Å². The van der Waals surface area contributed by atoms with Crippen molar-refractivity contribution in [3.05, 3.63) is 30.3 Å². The summed E-state index contributed by atoms with van der Waals surface area (Å²) < 4.78 is 12.8. The molecular formula is C17H15ClN6O4S2. The molecule has 0 saturated carbocycles. The molecule has 4 aromatic rings. The van der Waals surface area contributed by atoms with Crippen LogP contribution in [0.1, 0.15) is 6.42 Å². The predicted molar refractivity (Wildman–Crippen MR) is 112 cm³/mol. The number of carbonyl (C=O) groups excluding carboxylic acids is 1. The van der Waals surface area contributed by atoms with Crippen molar-refractivity contribution in [2.45, 2.75) is 22.6 Å². The van der Waals surface area contributed by atoms with Gasteiger partial charge in [0.15, 0.2) is 5.65 Å². The highest BCUT2D eigenvalue weighted by atomic mass is 35.5. The summed E-state index contributed by atoms with van der Waals surface area (Å²) in [6.45, 7) is 0.0909. The number of fused-ring (bicyclic) bond motifs is 2. The van der Waals surface area contributed by atoms with E-state index in [-0.39, 0.29) is 11.8 Å². The smallest absolute Gasteiger partial charge is 0.411 e. The number of ether oxygens (including phenoxy) is 2. The number of benzene rings is 1. The Morgan fingerprint density at radius 2 is 2.20 bits per heavy atom. The average molecular weight is 467 g/mol. The number of hydrogen-bond acceptors (Lipinski definition) is 10. The third-order valence-electron chi connectivity index (χ3n) is 3.81. The largest absolute Gasteiger partial charge is 0.474 e. The van der Waals surface area contributed by atoms with E-state index in [1.807, 2.05) is 18.2 Å². The van der Waals surface area contributed by atoms with Gasteiger partial charge in [0.05, 0.1) is 16.3 Å². The van der Waals surface area contributed by atoms with Crippen molar-refractivity contribution in [1.29, 1.82) is 0 Å². The summed E-state index contributed by atoms with van der Waals surface area (Å²) in [4.78, 5) is 16.0. The van der Waals surface area contributed by atoms with E-state index < -0.39 is 12.2 Å². The molecule has 0 spiro atoms. The molecule has 1 amide bonds. The topological polar surface area (TPSA) is 138 Å². The lowest BCUT2D eigenvalue weighted by Crippen LogP contribution is -2.18. The third-order valence-corrected chi connectivity index (χ3v) is 5.85. The molecule has 30 heavy (non-hydrogen) atoms. The van der Waals surface area contributed by atoms with Crippen molar-refractivity contribution < 1.29 is 19.4 Å². The van der Waals surface area contributed by atoms with Crippen LogP contribution in [0.25, 0.3) is 15.9 Å². The second-order valence-electron chi connectivity index (χ2n) is 6.00. The molecule has 0 fully saturated rings. The Balaban J connectivity index is 1.54. The molecule has 1 aromatic carbocycles. The number of nitrogens with two attached hydrogens (primary N) is 1. The van der Waals surface area contributed by atoms with Crippen LogP contribution < -0.4 is 15.2 Å². The summed E-state index contributed by atoms with van der Waals surface area (Å²) in [6.07, 6.45) is -1.13. The zero-order valence-corrected chi connectivity index (χ0v) is 17.7. The fourth-order valence-electron chi connectivity index (χ4n) is 2.47. The van der Waals surface area contributed by atoms with Crippen molar-refractivity contribution in [3.63, 3.8) is 0 Å². The van der Waals surface area contributed by atoms with Crippen LogP contribution in [-0.2, 0) is 0 Å². The minimum atomic E-state index is -0.905. The van der Waals surface area contributed by atoms with Gasteiger partial charge < -0.3 is 20.3 Å². The van der Waals surface area contributed by atoms with Crippen LogP contribution in [0.5, 0.6) is 11.1 Å². The lowest BCUT2D eigenvalue weighted by molar-refractivity contribution is 0.102. The van der Waals surface area contributed by atoms with Crippen LogP contribution >= 0.6 is 34.7 Å². The van der Waals surface area contributed by atoms with Crippen molar-refractivity contribution in [3.8, 4) is 11.1 Å². The molecular weight excluding hydrogens is 452 g/mol. The van der Waals surface area contributed by atoms with Crippen LogP contribution in [0.15, 0.2) is 40.4 Å². The predicted octanol–water partition coefficient (Wildman–Crippen LogP) is 2.71. The van der Waals surface area contributed by atoms with Gasteiger partial charge in [-0.3, -0.25) is 0 Å². The van der Waals surface area contributed by atoms with Gasteiger partial charge in [-0.15, -0.1) is 26.9 Å². The molecule has 4 rings (SSSR count). The molecule has 0 aliphatic carbocycles. The number of aliphatic hydroxyl groups is 1. The molecule has 0 bridgehead atoms. The lowest BCUT2D eigenvalue weighted by Gasteiger charge is -2.10. The number of alkyl halides is 1. The van der Waals surface area contributed by atoms with Gasteiger partial charge in [-0.2, -0.15) is 4.52 Å². The van der Waals surface area contributed by atoms with Gasteiger partial charge in [0.2, 0.25) is 11.0 Å². The first-order valence-electron chi connectivity index (χ1n) is 8.67. The summed E-state index contributed by atoms with van der Waals surface area (Å²) in [5.41, 5.74) is 6.28. The number of rotatable bonds is 8. The second-order valence-corrected chi connectivity index (χ2v) is 8.41. The first kappa shape index (κ1) is 20.6. The molecule has 10 nitrogen and oxygen atoms in total. The molecule has 156 valence electrons. The Hall–Kier alpha value is -2.67. The first-order valence-corrected chi connectivity index (χ1v) is 10.8. The van der Waals surface area contributed by atoms with E-state index in [4.69, 9.17) is 26.8 Å². The molecule has 1 atom stereocenters. The van der Waals surface area contributed by atoms with E-state index >= 15 is 0 Å². The van der Waals surface area contributed by atoms with E-state index in [1.54, 1.807) is 16.6 Å². The Morgan fingerprint density at radius 3 is 3.00 bits per heavy atom. The fourth-order valence-corrected chi connectivity index (χ4v) is 4.48. The van der Waals surface area contributed by atoms with Gasteiger partial charge in [-0.05, 0) is 42.4 Å². The number of primary amides is 1. The fraction of sp³-hybridized carbons (Fsp3) is 0.235. The summed E-state index contributed by atoms with van der Waals surface area (Å²) in [5, 5.41) is 23.1. The minimum Gasteiger partial charge on any atom is -0.474 e. The maximum Gasteiger partial charge on any atom is 0.411 e. The van der Waals surface area contributed by atoms with E-state index in [0.717, 1.165) is 9.60 Å². The van der Waals surface area contributed by atoms with Crippen LogP contribution in [0, 0.1) is 0 Å². The molecule has 1 unspecified atom stereocenters. The number of aliphatic hydroxyl groups excluding tert-OH is 1. The van der Waals surface area contributed by atoms with E-state index in [0.29, 0.717) is 34.5 Å². The van der Waals surface area contributed by atoms with Crippen molar-refractivity contribution in [2.75, 3.05) is 12.5 Å². The Morgan fingerprint density at radius 1 is 1.33 bits per heavy atom. The molecule has 3 heterocycles. The molecule has 3 N–H and O–H groups in total. The van der Waals surface area contributed by atoms with E-state index in [9.17, 15) is 9.90 Å². The zero-order valence-electron chi connectivity index (χ0n) is 15.3. The second kappa shape index (κ2) is 9.00. The SMILES string of the molecule is NC(=O)Oc1nc2ccc(Sc3nnc4ccc(OCC(O)CCCl)nn34)cc2s1. The average Bonchev–Trinajstić information content (AvgIpc) is 3.29. The summed E-state index contributed by atoms with van der Waals surface area (Å²) in [7, 11) is 0. The monoisotopic (exact) mass is 466 g/mol. The van der Waals surface area contributed by atoms with Gasteiger partial charge in [0.1, 0.15) is 6.61 Å². The number of halogens is 1. The maximum atomic E-state index is 10.9. The molecule has 0 radical (unpaired) electrons. The number of nitrogens with zero attached hydrogens (tertiary/aromatic N) is 5. The van der Waals surface area contributed by atoms with Crippen LogP contribution in [0.3, 0.4) is 0 Å². The maximum absolute atomic E-state index is 10.9.